The number of nitrogens with zero attached hydrogens (tertiary/aromatic N) is 1. The van der Waals surface area contributed by atoms with Crippen LogP contribution in [0.15, 0.2) is 35.7 Å². The number of ether oxygens (including phenoxy) is 1. The number of amides is 1. The van der Waals surface area contributed by atoms with Gasteiger partial charge in [0.25, 0.3) is 0 Å². The Bertz CT molecular complexity index is 766. The summed E-state index contributed by atoms with van der Waals surface area (Å²) in [5.74, 6) is 0.738. The molecule has 0 aliphatic carbocycles. The molecule has 3 rings (SSSR count). The van der Waals surface area contributed by atoms with Gasteiger partial charge in [0.1, 0.15) is 11.3 Å². The number of methoxy groups -OCH3 is 1. The van der Waals surface area contributed by atoms with Gasteiger partial charge in [-0.1, -0.05) is 23.5 Å². The molecule has 0 aliphatic heterocycles. The minimum atomic E-state index is 0.00887. The largest absolute Gasteiger partial charge is 0.494 e. The van der Waals surface area contributed by atoms with Gasteiger partial charge in [0.15, 0.2) is 5.13 Å². The molecular weight excluding hydrogens is 316 g/mol. The molecule has 0 saturated carbocycles. The van der Waals surface area contributed by atoms with E-state index in [-0.39, 0.29) is 5.91 Å². The summed E-state index contributed by atoms with van der Waals surface area (Å²) in [6, 6.07) is 9.90. The van der Waals surface area contributed by atoms with Crippen LogP contribution in [0.1, 0.15) is 17.7 Å². The lowest BCUT2D eigenvalue weighted by molar-refractivity contribution is -0.116. The summed E-state index contributed by atoms with van der Waals surface area (Å²) in [5, 5.41) is 5.56. The third-order valence-electron chi connectivity index (χ3n) is 3.26. The molecule has 2 heterocycles. The molecule has 2 aromatic heterocycles. The van der Waals surface area contributed by atoms with Gasteiger partial charge in [-0.25, -0.2) is 4.98 Å². The number of anilines is 1. The number of carbonyl (C=O) groups excluding carboxylic acids is 1. The second kappa shape index (κ2) is 6.89. The summed E-state index contributed by atoms with van der Waals surface area (Å²) in [6.45, 7) is 0. The van der Waals surface area contributed by atoms with Crippen molar-refractivity contribution in [3.63, 3.8) is 0 Å². The number of fused-ring (bicyclic) bond motifs is 1. The maximum Gasteiger partial charge on any atom is 0.226 e. The maximum absolute atomic E-state index is 12.0. The Morgan fingerprint density at radius 3 is 3.00 bits per heavy atom. The lowest BCUT2D eigenvalue weighted by Crippen LogP contribution is -2.11. The highest BCUT2D eigenvalue weighted by Gasteiger charge is 2.10. The number of hydrogen-bond donors (Lipinski definition) is 1. The van der Waals surface area contributed by atoms with Crippen molar-refractivity contribution in [1.82, 2.24) is 4.98 Å². The first-order chi connectivity index (χ1) is 10.8. The average Bonchev–Trinajstić information content (AvgIpc) is 3.15. The van der Waals surface area contributed by atoms with Crippen LogP contribution in [-0.2, 0) is 11.2 Å². The highest BCUT2D eigenvalue weighted by Crippen LogP contribution is 2.32. The van der Waals surface area contributed by atoms with Gasteiger partial charge in [0.2, 0.25) is 5.91 Å². The van der Waals surface area contributed by atoms with Crippen molar-refractivity contribution in [1.29, 1.82) is 0 Å². The minimum Gasteiger partial charge on any atom is -0.494 e. The number of rotatable bonds is 6. The molecule has 1 N–H and O–H groups in total. The zero-order chi connectivity index (χ0) is 15.4. The molecule has 1 amide bonds. The second-order valence-electron chi connectivity index (χ2n) is 4.81. The predicted octanol–water partition coefficient (Wildman–Crippen LogP) is 4.33. The smallest absolute Gasteiger partial charge is 0.226 e. The van der Waals surface area contributed by atoms with Gasteiger partial charge in [-0.15, -0.1) is 11.3 Å². The maximum atomic E-state index is 12.0. The minimum absolute atomic E-state index is 0.00887. The standard InChI is InChI=1S/C16H16N2O2S2/c1-20-12-7-3-8-13-15(12)18-16(22-13)17-14(19)9-2-5-11-6-4-10-21-11/h3-4,6-8,10H,2,5,9H2,1H3,(H,17,18,19). The molecule has 6 heteroatoms. The Labute approximate surface area is 136 Å². The quantitative estimate of drug-likeness (QED) is 0.731. The third kappa shape index (κ3) is 3.45. The van der Waals surface area contributed by atoms with Crippen LogP contribution in [-0.4, -0.2) is 18.0 Å². The van der Waals surface area contributed by atoms with Crippen molar-refractivity contribution >= 4 is 43.9 Å². The number of benzene rings is 1. The number of aromatic nitrogens is 1. The molecule has 0 aliphatic rings. The highest BCUT2D eigenvalue weighted by atomic mass is 32.1. The van der Waals surface area contributed by atoms with Crippen molar-refractivity contribution in [3.8, 4) is 5.75 Å². The van der Waals surface area contributed by atoms with Crippen LogP contribution in [0, 0.1) is 0 Å². The second-order valence-corrected chi connectivity index (χ2v) is 6.87. The van der Waals surface area contributed by atoms with E-state index < -0.39 is 0 Å². The summed E-state index contributed by atoms with van der Waals surface area (Å²) < 4.78 is 6.29. The molecule has 3 aromatic rings. The fourth-order valence-corrected chi connectivity index (χ4v) is 3.85. The van der Waals surface area contributed by atoms with E-state index in [1.54, 1.807) is 18.4 Å². The van der Waals surface area contributed by atoms with Gasteiger partial charge < -0.3 is 10.1 Å². The lowest BCUT2D eigenvalue weighted by Gasteiger charge is -2.01. The van der Waals surface area contributed by atoms with E-state index in [9.17, 15) is 4.79 Å². The fourth-order valence-electron chi connectivity index (χ4n) is 2.20. The van der Waals surface area contributed by atoms with E-state index in [2.05, 4.69) is 21.7 Å². The average molecular weight is 332 g/mol. The van der Waals surface area contributed by atoms with Crippen LogP contribution in [0.25, 0.3) is 10.2 Å². The molecule has 0 radical (unpaired) electrons. The number of thiazole rings is 1. The zero-order valence-electron chi connectivity index (χ0n) is 12.2. The van der Waals surface area contributed by atoms with Crippen LogP contribution < -0.4 is 10.1 Å². The first kappa shape index (κ1) is 15.0. The van der Waals surface area contributed by atoms with Crippen molar-refractivity contribution in [2.45, 2.75) is 19.3 Å². The van der Waals surface area contributed by atoms with Crippen LogP contribution in [0.4, 0.5) is 5.13 Å². The van der Waals surface area contributed by atoms with E-state index >= 15 is 0 Å². The molecular formula is C16H16N2O2S2. The summed E-state index contributed by atoms with van der Waals surface area (Å²) in [7, 11) is 1.62. The predicted molar refractivity (Wildman–Crippen MR) is 92.1 cm³/mol. The number of para-hydroxylation sites is 1. The van der Waals surface area contributed by atoms with Crippen LogP contribution in [0.5, 0.6) is 5.75 Å². The monoisotopic (exact) mass is 332 g/mol. The van der Waals surface area contributed by atoms with Gasteiger partial charge in [-0.2, -0.15) is 0 Å². The van der Waals surface area contributed by atoms with Crippen molar-refractivity contribution in [3.05, 3.63) is 40.6 Å². The topological polar surface area (TPSA) is 51.2 Å². The van der Waals surface area contributed by atoms with Crippen LogP contribution >= 0.6 is 22.7 Å². The summed E-state index contributed by atoms with van der Waals surface area (Å²) in [4.78, 5) is 17.8. The Morgan fingerprint density at radius 2 is 2.23 bits per heavy atom. The summed E-state index contributed by atoms with van der Waals surface area (Å²) >= 11 is 3.20. The number of hydrogen-bond acceptors (Lipinski definition) is 5. The van der Waals surface area contributed by atoms with Gasteiger partial charge >= 0.3 is 0 Å². The molecule has 0 atom stereocenters. The molecule has 0 saturated heterocycles. The van der Waals surface area contributed by atoms with E-state index in [0.29, 0.717) is 11.6 Å². The van der Waals surface area contributed by atoms with Crippen molar-refractivity contribution < 1.29 is 9.53 Å². The van der Waals surface area contributed by atoms with E-state index in [1.165, 1.54) is 16.2 Å². The number of aryl methyl sites for hydroxylation is 1. The molecule has 114 valence electrons. The molecule has 1 aromatic carbocycles. The van der Waals surface area contributed by atoms with E-state index in [1.807, 2.05) is 24.3 Å². The van der Waals surface area contributed by atoms with Crippen molar-refractivity contribution in [2.75, 3.05) is 12.4 Å². The summed E-state index contributed by atoms with van der Waals surface area (Å²) in [6.07, 6.45) is 2.30. The van der Waals surface area contributed by atoms with Gasteiger partial charge in [-0.05, 0) is 36.4 Å². The SMILES string of the molecule is COc1cccc2sc(NC(=O)CCCc3cccs3)nc12. The first-order valence-corrected chi connectivity index (χ1v) is 8.71. The number of thiophene rings is 1. The fraction of sp³-hybridized carbons (Fsp3) is 0.250. The van der Waals surface area contributed by atoms with Gasteiger partial charge in [0, 0.05) is 11.3 Å². The Balaban J connectivity index is 1.59. The van der Waals surface area contributed by atoms with Crippen molar-refractivity contribution in [2.24, 2.45) is 0 Å². The molecule has 0 unspecified atom stereocenters. The molecule has 22 heavy (non-hydrogen) atoms. The number of carbonyl (C=O) groups is 1. The summed E-state index contributed by atoms with van der Waals surface area (Å²) in [5.41, 5.74) is 0.795. The number of nitrogens with one attached hydrogen (secondary N) is 1. The van der Waals surface area contributed by atoms with Crippen LogP contribution in [0.3, 0.4) is 0 Å². The van der Waals surface area contributed by atoms with Gasteiger partial charge in [0.05, 0.1) is 11.8 Å². The Kier molecular flexibility index (Phi) is 4.70. The zero-order valence-corrected chi connectivity index (χ0v) is 13.8. The van der Waals surface area contributed by atoms with Crippen LogP contribution in [0.2, 0.25) is 0 Å². The highest BCUT2D eigenvalue weighted by molar-refractivity contribution is 7.22. The molecule has 4 nitrogen and oxygen atoms in total. The van der Waals surface area contributed by atoms with E-state index in [0.717, 1.165) is 28.8 Å². The first-order valence-electron chi connectivity index (χ1n) is 7.02. The normalized spacial score (nSPS) is 10.8. The molecule has 0 bridgehead atoms. The third-order valence-corrected chi connectivity index (χ3v) is 5.13. The molecule has 0 fully saturated rings. The Hall–Kier alpha value is -1.92. The van der Waals surface area contributed by atoms with Gasteiger partial charge in [-0.3, -0.25) is 4.79 Å². The Morgan fingerprint density at radius 1 is 1.32 bits per heavy atom. The molecule has 0 spiro atoms. The van der Waals surface area contributed by atoms with E-state index in [4.69, 9.17) is 4.74 Å². The lowest BCUT2D eigenvalue weighted by atomic mass is 10.2.